The van der Waals surface area contributed by atoms with E-state index in [1.54, 1.807) is 12.2 Å². The Morgan fingerprint density at radius 1 is 1.30 bits per heavy atom. The summed E-state index contributed by atoms with van der Waals surface area (Å²) in [6, 6.07) is 2.52. The molecule has 0 saturated carbocycles. The Morgan fingerprint density at radius 3 is 2.61 bits per heavy atom. The summed E-state index contributed by atoms with van der Waals surface area (Å²) in [6.07, 6.45) is -1.40. The van der Waals surface area contributed by atoms with Gasteiger partial charge in [0.1, 0.15) is 6.04 Å². The highest BCUT2D eigenvalue weighted by atomic mass is 35.5. The van der Waals surface area contributed by atoms with E-state index in [0.29, 0.717) is 15.5 Å². The Balaban J connectivity index is 2.21. The zero-order valence-corrected chi connectivity index (χ0v) is 12.3. The minimum atomic E-state index is -5.16. The molecule has 8 heteroatoms. The first-order valence-corrected chi connectivity index (χ1v) is 7.19. The van der Waals surface area contributed by atoms with Crippen LogP contribution in [0.5, 0.6) is 0 Å². The minimum Gasteiger partial charge on any atom is -0.480 e. The summed E-state index contributed by atoms with van der Waals surface area (Å²) in [5.74, 6) is -4.66. The Morgan fingerprint density at radius 2 is 2.00 bits per heavy atom. The van der Waals surface area contributed by atoms with Gasteiger partial charge in [0.15, 0.2) is 0 Å². The van der Waals surface area contributed by atoms with Crippen molar-refractivity contribution in [1.29, 1.82) is 0 Å². The van der Waals surface area contributed by atoms with Crippen LogP contribution in [0, 0.1) is 5.92 Å². The number of aliphatic carboxylic acids is 1. The number of carboxylic acids is 1. The van der Waals surface area contributed by atoms with E-state index in [2.05, 4.69) is 0 Å². The van der Waals surface area contributed by atoms with Crippen LogP contribution in [0.2, 0.25) is 5.02 Å². The lowest BCUT2D eigenvalue weighted by molar-refractivity contribution is -0.172. The van der Waals surface area contributed by atoms with Gasteiger partial charge in [0, 0.05) is 22.5 Å². The topological polar surface area (TPSA) is 57.6 Å². The van der Waals surface area contributed by atoms with Gasteiger partial charge in [-0.2, -0.15) is 13.2 Å². The summed E-state index contributed by atoms with van der Waals surface area (Å²) < 4.78 is 38.9. The van der Waals surface area contributed by atoms with Crippen LogP contribution in [-0.4, -0.2) is 29.2 Å². The van der Waals surface area contributed by atoms with Gasteiger partial charge in [0.2, 0.25) is 0 Å². The molecule has 3 rings (SSSR count). The molecule has 1 aromatic carbocycles. The molecule has 23 heavy (non-hydrogen) atoms. The van der Waals surface area contributed by atoms with Crippen LogP contribution in [0.25, 0.3) is 0 Å². The van der Waals surface area contributed by atoms with E-state index < -0.39 is 30.0 Å². The Labute approximate surface area is 134 Å². The molecular weight excluding hydrogens is 335 g/mol. The first-order chi connectivity index (χ1) is 10.7. The number of halogens is 4. The molecule has 2 aliphatic rings. The number of hydrogen-bond acceptors (Lipinski definition) is 2. The second-order valence-corrected chi connectivity index (χ2v) is 5.95. The van der Waals surface area contributed by atoms with Crippen LogP contribution in [0.15, 0.2) is 30.4 Å². The standard InChI is InChI=1S/C15H11ClF3NO3/c16-7-4-5-11-10(6-7)8-2-1-3-9(8)12(13(21)22)20(11)14(23)15(17,18)19/h1-2,4-6,8-9,12H,3H2,(H,21,22)/t8-,9+,12-/m1/s1. The van der Waals surface area contributed by atoms with Crippen LogP contribution in [0.4, 0.5) is 18.9 Å². The Kier molecular flexibility index (Phi) is 3.63. The second kappa shape index (κ2) is 5.26. The van der Waals surface area contributed by atoms with Crippen LogP contribution in [0.3, 0.4) is 0 Å². The van der Waals surface area contributed by atoms with Gasteiger partial charge in [-0.05, 0) is 30.2 Å². The van der Waals surface area contributed by atoms with Crippen molar-refractivity contribution in [1.82, 2.24) is 0 Å². The molecule has 1 aromatic rings. The van der Waals surface area contributed by atoms with Gasteiger partial charge in [-0.3, -0.25) is 9.69 Å². The van der Waals surface area contributed by atoms with Crippen molar-refractivity contribution in [2.45, 2.75) is 24.6 Å². The fourth-order valence-electron chi connectivity index (χ4n) is 3.35. The van der Waals surface area contributed by atoms with Crippen LogP contribution in [-0.2, 0) is 9.59 Å². The lowest BCUT2D eigenvalue weighted by atomic mass is 9.78. The van der Waals surface area contributed by atoms with Crippen molar-refractivity contribution in [3.05, 3.63) is 40.9 Å². The van der Waals surface area contributed by atoms with Gasteiger partial charge in [0.05, 0.1) is 0 Å². The maximum Gasteiger partial charge on any atom is 0.471 e. The molecule has 0 unspecified atom stereocenters. The first-order valence-electron chi connectivity index (χ1n) is 6.81. The molecule has 4 nitrogen and oxygen atoms in total. The van der Waals surface area contributed by atoms with E-state index in [0.717, 1.165) is 0 Å². The monoisotopic (exact) mass is 345 g/mol. The van der Waals surface area contributed by atoms with Crippen molar-refractivity contribution in [2.24, 2.45) is 5.92 Å². The summed E-state index contributed by atoms with van der Waals surface area (Å²) in [5, 5.41) is 9.75. The average molecular weight is 346 g/mol. The van der Waals surface area contributed by atoms with Gasteiger partial charge in [-0.15, -0.1) is 0 Å². The number of benzene rings is 1. The molecule has 0 aromatic heterocycles. The highest BCUT2D eigenvalue weighted by Crippen LogP contribution is 2.49. The number of alkyl halides is 3. The van der Waals surface area contributed by atoms with Crippen molar-refractivity contribution >= 4 is 29.2 Å². The molecule has 1 aliphatic heterocycles. The summed E-state index contributed by atoms with van der Waals surface area (Å²) >= 11 is 5.92. The number of allylic oxidation sites excluding steroid dienone is 2. The summed E-state index contributed by atoms with van der Waals surface area (Å²) in [4.78, 5) is 23.8. The molecule has 0 bridgehead atoms. The van der Waals surface area contributed by atoms with Crippen molar-refractivity contribution in [2.75, 3.05) is 4.90 Å². The average Bonchev–Trinajstić information content (AvgIpc) is 2.92. The number of fused-ring (bicyclic) bond motifs is 3. The van der Waals surface area contributed by atoms with Crippen LogP contribution >= 0.6 is 11.6 Å². The predicted octanol–water partition coefficient (Wildman–Crippen LogP) is 3.36. The minimum absolute atomic E-state index is 0.0584. The van der Waals surface area contributed by atoms with Gasteiger partial charge in [0.25, 0.3) is 0 Å². The second-order valence-electron chi connectivity index (χ2n) is 5.51. The molecule has 0 spiro atoms. The number of amides is 1. The normalized spacial score (nSPS) is 25.9. The van der Waals surface area contributed by atoms with Gasteiger partial charge >= 0.3 is 18.1 Å². The SMILES string of the molecule is O=C(O)[C@H]1[C@H]2CC=C[C@H]2c2cc(Cl)ccc2N1C(=O)C(F)(F)F. The van der Waals surface area contributed by atoms with Crippen LogP contribution < -0.4 is 4.90 Å². The van der Waals surface area contributed by atoms with E-state index >= 15 is 0 Å². The summed E-state index contributed by atoms with van der Waals surface area (Å²) in [6.45, 7) is 0. The molecule has 1 aliphatic carbocycles. The number of hydrogen-bond donors (Lipinski definition) is 1. The van der Waals surface area contributed by atoms with Crippen molar-refractivity contribution in [3.8, 4) is 0 Å². The van der Waals surface area contributed by atoms with E-state index in [9.17, 15) is 27.9 Å². The maximum absolute atomic E-state index is 13.0. The number of carbonyl (C=O) groups is 2. The third-order valence-corrected chi connectivity index (χ3v) is 4.45. The van der Waals surface area contributed by atoms with Crippen molar-refractivity contribution in [3.63, 3.8) is 0 Å². The molecule has 1 N–H and O–H groups in total. The number of carbonyl (C=O) groups excluding carboxylic acids is 1. The molecule has 1 amide bonds. The fourth-order valence-corrected chi connectivity index (χ4v) is 3.53. The Hall–Kier alpha value is -2.02. The van der Waals surface area contributed by atoms with E-state index in [1.165, 1.54) is 18.2 Å². The highest BCUT2D eigenvalue weighted by Gasteiger charge is 2.53. The number of anilines is 1. The van der Waals surface area contributed by atoms with E-state index in [4.69, 9.17) is 11.6 Å². The largest absolute Gasteiger partial charge is 0.480 e. The predicted molar refractivity (Wildman–Crippen MR) is 76.4 cm³/mol. The van der Waals surface area contributed by atoms with Crippen LogP contribution in [0.1, 0.15) is 17.9 Å². The van der Waals surface area contributed by atoms with Gasteiger partial charge in [-0.1, -0.05) is 23.8 Å². The molecule has 1 heterocycles. The van der Waals surface area contributed by atoms with Gasteiger partial charge < -0.3 is 5.11 Å². The smallest absolute Gasteiger partial charge is 0.471 e. The molecule has 0 radical (unpaired) electrons. The van der Waals surface area contributed by atoms with Crippen molar-refractivity contribution < 1.29 is 27.9 Å². The maximum atomic E-state index is 13.0. The summed E-state index contributed by atoms with van der Waals surface area (Å²) in [7, 11) is 0. The van der Waals surface area contributed by atoms with E-state index in [1.807, 2.05) is 0 Å². The first kappa shape index (κ1) is 15.9. The molecule has 0 fully saturated rings. The number of carboxylic acid groups (broad SMARTS) is 1. The molecule has 3 atom stereocenters. The zero-order valence-electron chi connectivity index (χ0n) is 11.5. The van der Waals surface area contributed by atoms with Gasteiger partial charge in [-0.25, -0.2) is 4.79 Å². The molecular formula is C15H11ClF3NO3. The lowest BCUT2D eigenvalue weighted by Crippen LogP contribution is -2.56. The quantitative estimate of drug-likeness (QED) is 0.794. The zero-order chi connectivity index (χ0) is 16.9. The third kappa shape index (κ3) is 2.49. The Bertz CT molecular complexity index is 716. The molecule has 0 saturated heterocycles. The number of nitrogens with zero attached hydrogens (tertiary/aromatic N) is 1. The number of rotatable bonds is 1. The highest BCUT2D eigenvalue weighted by molar-refractivity contribution is 6.30. The lowest BCUT2D eigenvalue weighted by Gasteiger charge is -2.42. The molecule has 122 valence electrons. The van der Waals surface area contributed by atoms with E-state index in [-0.39, 0.29) is 18.0 Å². The fraction of sp³-hybridized carbons (Fsp3) is 0.333. The third-order valence-electron chi connectivity index (χ3n) is 4.22. The summed E-state index contributed by atoms with van der Waals surface area (Å²) in [5.41, 5.74) is 0.378.